The Labute approximate surface area is 200 Å². The molecule has 186 valence electrons. The molecule has 1 aromatic rings. The maximum absolute atomic E-state index is 13.0. The van der Waals surface area contributed by atoms with Crippen LogP contribution < -0.4 is 0 Å². The van der Waals surface area contributed by atoms with Crippen molar-refractivity contribution in [3.63, 3.8) is 0 Å². The first-order valence-corrected chi connectivity index (χ1v) is 12.3. The van der Waals surface area contributed by atoms with Crippen molar-refractivity contribution in [2.75, 3.05) is 46.0 Å². The fraction of sp³-hybridized carbons (Fsp3) is 0.731. The Hall–Kier alpha value is -1.67. The highest BCUT2D eigenvalue weighted by atomic mass is 16.6. The van der Waals surface area contributed by atoms with E-state index in [-0.39, 0.29) is 30.3 Å². The minimum absolute atomic E-state index is 0.0876. The minimum Gasteiger partial charge on any atom is -0.444 e. The molecule has 0 spiro atoms. The van der Waals surface area contributed by atoms with Gasteiger partial charge in [-0.3, -0.25) is 9.80 Å². The molecule has 0 unspecified atom stereocenters. The first-order chi connectivity index (χ1) is 15.6. The summed E-state index contributed by atoms with van der Waals surface area (Å²) < 4.78 is 17.4. The molecule has 2 aliphatic rings. The van der Waals surface area contributed by atoms with Crippen molar-refractivity contribution >= 4 is 6.09 Å². The van der Waals surface area contributed by atoms with Crippen LogP contribution >= 0.6 is 0 Å². The van der Waals surface area contributed by atoms with E-state index in [4.69, 9.17) is 14.2 Å². The number of benzene rings is 1. The molecule has 3 rings (SSSR count). The average Bonchev–Trinajstić information content (AvgIpc) is 2.74. The van der Waals surface area contributed by atoms with Crippen LogP contribution in [0.25, 0.3) is 0 Å². The summed E-state index contributed by atoms with van der Waals surface area (Å²) in [6.07, 6.45) is -0.0254. The van der Waals surface area contributed by atoms with Crippen molar-refractivity contribution in [2.24, 2.45) is 0 Å². The number of nitrogens with zero attached hydrogens (tertiary/aromatic N) is 3. The second-order valence-electron chi connectivity index (χ2n) is 10.7. The van der Waals surface area contributed by atoms with Crippen LogP contribution in [-0.2, 0) is 20.8 Å². The lowest BCUT2D eigenvalue weighted by atomic mass is 10.0. The van der Waals surface area contributed by atoms with E-state index in [0.717, 1.165) is 32.8 Å². The Kier molecular flexibility index (Phi) is 9.16. The Morgan fingerprint density at radius 3 is 2.52 bits per heavy atom. The molecular weight excluding hydrogens is 418 g/mol. The van der Waals surface area contributed by atoms with Gasteiger partial charge in [-0.2, -0.15) is 0 Å². The van der Waals surface area contributed by atoms with Gasteiger partial charge in [0, 0.05) is 44.8 Å². The maximum Gasteiger partial charge on any atom is 0.410 e. The van der Waals surface area contributed by atoms with Crippen LogP contribution in [0.4, 0.5) is 4.79 Å². The van der Waals surface area contributed by atoms with E-state index in [1.54, 1.807) is 0 Å². The minimum atomic E-state index is -0.503. The molecule has 3 atom stereocenters. The lowest BCUT2D eigenvalue weighted by Gasteiger charge is -2.48. The van der Waals surface area contributed by atoms with E-state index in [2.05, 4.69) is 60.9 Å². The van der Waals surface area contributed by atoms with Crippen LogP contribution in [0.3, 0.4) is 0 Å². The van der Waals surface area contributed by atoms with E-state index in [0.29, 0.717) is 19.8 Å². The predicted octanol–water partition coefficient (Wildman–Crippen LogP) is 3.62. The number of carbonyl (C=O) groups is 1. The van der Waals surface area contributed by atoms with E-state index >= 15 is 0 Å². The second kappa shape index (κ2) is 11.6. The molecule has 0 bridgehead atoms. The third-order valence-corrected chi connectivity index (χ3v) is 6.23. The van der Waals surface area contributed by atoms with Crippen molar-refractivity contribution < 1.29 is 19.0 Å². The van der Waals surface area contributed by atoms with Crippen LogP contribution in [0.2, 0.25) is 0 Å². The van der Waals surface area contributed by atoms with E-state index < -0.39 is 5.60 Å². The van der Waals surface area contributed by atoms with Gasteiger partial charge < -0.3 is 19.1 Å². The SMILES string of the molecule is CC(C)OC[C@@H]1COCCN1C[C@H]1CN(C(=O)OC(C)(C)C)[C@H](C)CN1Cc1ccccc1. The van der Waals surface area contributed by atoms with E-state index in [1.165, 1.54) is 5.56 Å². The van der Waals surface area contributed by atoms with Gasteiger partial charge in [-0.25, -0.2) is 4.79 Å². The summed E-state index contributed by atoms with van der Waals surface area (Å²) in [5.41, 5.74) is 0.791. The number of rotatable bonds is 7. The zero-order chi connectivity index (χ0) is 24.0. The van der Waals surface area contributed by atoms with Gasteiger partial charge in [0.25, 0.3) is 0 Å². The van der Waals surface area contributed by atoms with Gasteiger partial charge >= 0.3 is 6.09 Å². The molecule has 7 nitrogen and oxygen atoms in total. The van der Waals surface area contributed by atoms with Crippen molar-refractivity contribution in [3.05, 3.63) is 35.9 Å². The first-order valence-electron chi connectivity index (χ1n) is 12.3. The Bertz CT molecular complexity index is 737. The summed E-state index contributed by atoms with van der Waals surface area (Å²) in [7, 11) is 0. The quantitative estimate of drug-likeness (QED) is 0.618. The Morgan fingerprint density at radius 1 is 1.12 bits per heavy atom. The van der Waals surface area contributed by atoms with Gasteiger partial charge in [0.2, 0.25) is 0 Å². The number of hydrogen-bond acceptors (Lipinski definition) is 6. The highest BCUT2D eigenvalue weighted by Gasteiger charge is 2.38. The molecule has 2 heterocycles. The van der Waals surface area contributed by atoms with Gasteiger partial charge in [-0.1, -0.05) is 30.3 Å². The molecular formula is C26H43N3O4. The van der Waals surface area contributed by atoms with Crippen LogP contribution in [-0.4, -0.2) is 96.6 Å². The number of piperazine rings is 1. The fourth-order valence-electron chi connectivity index (χ4n) is 4.53. The van der Waals surface area contributed by atoms with Gasteiger partial charge in [0.15, 0.2) is 0 Å². The second-order valence-corrected chi connectivity index (χ2v) is 10.7. The predicted molar refractivity (Wildman–Crippen MR) is 130 cm³/mol. The molecule has 7 heteroatoms. The largest absolute Gasteiger partial charge is 0.444 e. The Morgan fingerprint density at radius 2 is 1.85 bits per heavy atom. The van der Waals surface area contributed by atoms with Gasteiger partial charge in [-0.05, 0) is 47.1 Å². The lowest BCUT2D eigenvalue weighted by molar-refractivity contribution is -0.0718. The van der Waals surface area contributed by atoms with Gasteiger partial charge in [0.05, 0.1) is 32.0 Å². The highest BCUT2D eigenvalue weighted by molar-refractivity contribution is 5.68. The summed E-state index contributed by atoms with van der Waals surface area (Å²) >= 11 is 0. The summed E-state index contributed by atoms with van der Waals surface area (Å²) in [5, 5.41) is 0. The van der Waals surface area contributed by atoms with Crippen molar-refractivity contribution in [1.82, 2.24) is 14.7 Å². The van der Waals surface area contributed by atoms with E-state index in [9.17, 15) is 4.79 Å². The van der Waals surface area contributed by atoms with E-state index in [1.807, 2.05) is 25.7 Å². The molecule has 1 aromatic carbocycles. The normalized spacial score (nSPS) is 25.4. The number of morpholine rings is 1. The third kappa shape index (κ3) is 7.95. The van der Waals surface area contributed by atoms with Crippen LogP contribution in [0.1, 0.15) is 47.1 Å². The van der Waals surface area contributed by atoms with Gasteiger partial charge in [0.1, 0.15) is 5.60 Å². The highest BCUT2D eigenvalue weighted by Crippen LogP contribution is 2.23. The summed E-state index contributed by atoms with van der Waals surface area (Å²) in [4.78, 5) is 19.9. The third-order valence-electron chi connectivity index (χ3n) is 6.23. The molecule has 0 saturated carbocycles. The molecule has 0 aromatic heterocycles. The number of hydrogen-bond donors (Lipinski definition) is 0. The lowest BCUT2D eigenvalue weighted by Crippen LogP contribution is -2.63. The topological polar surface area (TPSA) is 54.5 Å². The zero-order valence-electron chi connectivity index (χ0n) is 21.3. The molecule has 2 fully saturated rings. The monoisotopic (exact) mass is 461 g/mol. The molecule has 1 amide bonds. The molecule has 0 N–H and O–H groups in total. The first kappa shape index (κ1) is 25.9. The smallest absolute Gasteiger partial charge is 0.410 e. The fourth-order valence-corrected chi connectivity index (χ4v) is 4.53. The van der Waals surface area contributed by atoms with Gasteiger partial charge in [-0.15, -0.1) is 0 Å². The summed E-state index contributed by atoms with van der Waals surface area (Å²) in [6, 6.07) is 11.1. The maximum atomic E-state index is 13.0. The molecule has 0 radical (unpaired) electrons. The molecule has 0 aliphatic carbocycles. The molecule has 33 heavy (non-hydrogen) atoms. The summed E-state index contributed by atoms with van der Waals surface area (Å²) in [5.74, 6) is 0. The molecule has 2 aliphatic heterocycles. The zero-order valence-corrected chi connectivity index (χ0v) is 21.3. The number of ether oxygens (including phenoxy) is 3. The number of amides is 1. The van der Waals surface area contributed by atoms with Crippen LogP contribution in [0.15, 0.2) is 30.3 Å². The Balaban J connectivity index is 1.76. The molecule has 2 saturated heterocycles. The van der Waals surface area contributed by atoms with Crippen molar-refractivity contribution in [1.29, 1.82) is 0 Å². The average molecular weight is 462 g/mol. The number of carbonyl (C=O) groups excluding carboxylic acids is 1. The standard InChI is InChI=1S/C26H43N3O4/c1-20(2)32-19-24-18-31-13-12-27(24)16-23-17-29(25(30)33-26(4,5)6)21(3)14-28(23)15-22-10-8-7-9-11-22/h7-11,20-21,23-24H,12-19H2,1-6H3/t21-,23+,24+/m1/s1. The van der Waals surface area contributed by atoms with Crippen LogP contribution in [0.5, 0.6) is 0 Å². The summed E-state index contributed by atoms with van der Waals surface area (Å²) in [6.45, 7) is 18.2. The van der Waals surface area contributed by atoms with Crippen LogP contribution in [0, 0.1) is 0 Å². The van der Waals surface area contributed by atoms with Crippen molar-refractivity contribution in [3.8, 4) is 0 Å². The van der Waals surface area contributed by atoms with Crippen molar-refractivity contribution in [2.45, 2.75) is 77.9 Å².